The molecular formula is C37H42N6O6. The first-order chi connectivity index (χ1) is 23.5. The normalized spacial score (nSPS) is 12.6. The van der Waals surface area contributed by atoms with E-state index in [4.69, 9.17) is 10.5 Å². The number of benzene rings is 3. The zero-order chi connectivity index (χ0) is 35.3. The molecule has 4 N–H and O–H groups in total. The highest BCUT2D eigenvalue weighted by Gasteiger charge is 2.37. The van der Waals surface area contributed by atoms with Gasteiger partial charge in [0.15, 0.2) is 0 Å². The van der Waals surface area contributed by atoms with Crippen LogP contribution in [0.3, 0.4) is 0 Å². The lowest BCUT2D eigenvalue weighted by molar-refractivity contribution is -0.147. The molecule has 3 aromatic carbocycles. The van der Waals surface area contributed by atoms with Crippen LogP contribution in [0.4, 0.5) is 0 Å². The molecule has 0 saturated heterocycles. The van der Waals surface area contributed by atoms with Gasteiger partial charge < -0.3 is 26.0 Å². The number of carbonyl (C=O) groups is 5. The molecule has 0 aliphatic rings. The van der Waals surface area contributed by atoms with Gasteiger partial charge in [-0.25, -0.2) is 0 Å². The first-order valence-electron chi connectivity index (χ1n) is 16.0. The van der Waals surface area contributed by atoms with E-state index in [1.807, 2.05) is 18.2 Å². The fourth-order valence-electron chi connectivity index (χ4n) is 5.43. The van der Waals surface area contributed by atoms with Crippen molar-refractivity contribution in [3.8, 4) is 5.75 Å². The molecule has 12 nitrogen and oxygen atoms in total. The molecule has 4 aromatic rings. The minimum absolute atomic E-state index is 0.0213. The van der Waals surface area contributed by atoms with Crippen molar-refractivity contribution >= 4 is 29.4 Å². The van der Waals surface area contributed by atoms with Crippen molar-refractivity contribution in [2.75, 3.05) is 7.11 Å². The Labute approximate surface area is 285 Å². The van der Waals surface area contributed by atoms with Crippen LogP contribution in [0.2, 0.25) is 0 Å². The predicted molar refractivity (Wildman–Crippen MR) is 183 cm³/mol. The van der Waals surface area contributed by atoms with E-state index in [-0.39, 0.29) is 31.7 Å². The molecule has 12 heteroatoms. The number of primary amides is 1. The molecule has 256 valence electrons. The first kappa shape index (κ1) is 36.1. The molecule has 0 saturated carbocycles. The van der Waals surface area contributed by atoms with E-state index in [0.29, 0.717) is 28.9 Å². The number of aryl methyl sites for hydroxylation is 2. The number of nitrogens with two attached hydrogens (primary N) is 1. The third-order valence-corrected chi connectivity index (χ3v) is 8.19. The Morgan fingerprint density at radius 3 is 2.02 bits per heavy atom. The van der Waals surface area contributed by atoms with Gasteiger partial charge in [0.2, 0.25) is 23.5 Å². The molecular weight excluding hydrogens is 624 g/mol. The smallest absolute Gasteiger partial charge is 0.287 e. The maximum Gasteiger partial charge on any atom is 0.287 e. The topological polar surface area (TPSA) is 166 Å². The van der Waals surface area contributed by atoms with Gasteiger partial charge in [-0.05, 0) is 48.2 Å². The van der Waals surface area contributed by atoms with Crippen LogP contribution in [-0.4, -0.2) is 69.3 Å². The van der Waals surface area contributed by atoms with Gasteiger partial charge in [0.1, 0.15) is 23.9 Å². The van der Waals surface area contributed by atoms with E-state index < -0.39 is 41.6 Å². The van der Waals surface area contributed by atoms with Gasteiger partial charge in [0.05, 0.1) is 7.11 Å². The second-order valence-corrected chi connectivity index (χ2v) is 11.7. The summed E-state index contributed by atoms with van der Waals surface area (Å²) in [5, 5.41) is 9.62. The maximum absolute atomic E-state index is 14.7. The summed E-state index contributed by atoms with van der Waals surface area (Å²) in [5.74, 6) is -3.04. The number of ketones is 1. The minimum Gasteiger partial charge on any atom is -0.497 e. The minimum atomic E-state index is -1.26. The molecule has 0 radical (unpaired) electrons. The molecule has 1 aromatic heterocycles. The van der Waals surface area contributed by atoms with Crippen molar-refractivity contribution in [1.29, 1.82) is 0 Å². The largest absolute Gasteiger partial charge is 0.497 e. The van der Waals surface area contributed by atoms with Gasteiger partial charge in [0, 0.05) is 44.7 Å². The van der Waals surface area contributed by atoms with Crippen molar-refractivity contribution in [2.24, 2.45) is 12.8 Å². The lowest BCUT2D eigenvalue weighted by Crippen LogP contribution is -2.58. The quantitative estimate of drug-likeness (QED) is 0.146. The molecule has 0 aliphatic carbocycles. The SMILES string of the molecule is COc1ccc(C[C@H](NC(=O)[C@H](C)NC(=O)CCc2ccnn2C)C(=O)N(Cc2ccccc2)C(Cc2ccccc2)C(=O)C(N)=O)cc1. The van der Waals surface area contributed by atoms with Crippen molar-refractivity contribution < 1.29 is 28.7 Å². The lowest BCUT2D eigenvalue weighted by atomic mass is 9.97. The van der Waals surface area contributed by atoms with E-state index >= 15 is 0 Å². The van der Waals surface area contributed by atoms with Crippen LogP contribution >= 0.6 is 0 Å². The number of methoxy groups -OCH3 is 1. The molecule has 4 amide bonds. The predicted octanol–water partition coefficient (Wildman–Crippen LogP) is 2.29. The number of ether oxygens (including phenoxy) is 1. The van der Waals surface area contributed by atoms with E-state index in [2.05, 4.69) is 15.7 Å². The Balaban J connectivity index is 1.64. The number of nitrogens with zero attached hydrogens (tertiary/aromatic N) is 3. The number of rotatable bonds is 17. The average Bonchev–Trinajstić information content (AvgIpc) is 3.53. The van der Waals surface area contributed by atoms with Crippen LogP contribution in [0.15, 0.2) is 97.2 Å². The number of amides is 4. The van der Waals surface area contributed by atoms with Gasteiger partial charge in [-0.3, -0.25) is 28.7 Å². The summed E-state index contributed by atoms with van der Waals surface area (Å²) in [5.41, 5.74) is 8.51. The Bertz CT molecular complexity index is 1730. The molecule has 1 heterocycles. The molecule has 4 rings (SSSR count). The second kappa shape index (κ2) is 17.4. The molecule has 49 heavy (non-hydrogen) atoms. The first-order valence-corrected chi connectivity index (χ1v) is 16.0. The zero-order valence-corrected chi connectivity index (χ0v) is 27.9. The van der Waals surface area contributed by atoms with E-state index in [1.54, 1.807) is 90.7 Å². The standard InChI is InChI=1S/C37H42N6O6/c1-25(40-33(44)19-16-29-20-21-39-42(29)2)36(47)41-31(22-27-14-17-30(49-3)18-15-27)37(48)43(24-28-12-8-5-9-13-28)32(34(45)35(38)46)23-26-10-6-4-7-11-26/h4-15,17-18,20-21,25,31-32H,16,19,22-24H2,1-3H3,(H2,38,46)(H,40,44)(H,41,47)/t25-,31-,32?/m0/s1. The fourth-order valence-corrected chi connectivity index (χ4v) is 5.43. The number of Topliss-reactive ketones (excluding diaryl/α,β-unsaturated/α-hetero) is 1. The summed E-state index contributed by atoms with van der Waals surface area (Å²) in [6.07, 6.45) is 2.27. The molecule has 0 bridgehead atoms. The summed E-state index contributed by atoms with van der Waals surface area (Å²) >= 11 is 0. The highest BCUT2D eigenvalue weighted by Crippen LogP contribution is 2.19. The highest BCUT2D eigenvalue weighted by atomic mass is 16.5. The summed E-state index contributed by atoms with van der Waals surface area (Å²) in [7, 11) is 3.32. The summed E-state index contributed by atoms with van der Waals surface area (Å²) < 4.78 is 6.95. The number of nitrogens with one attached hydrogen (secondary N) is 2. The zero-order valence-electron chi connectivity index (χ0n) is 27.9. The van der Waals surface area contributed by atoms with Gasteiger partial charge in [-0.2, -0.15) is 5.10 Å². The van der Waals surface area contributed by atoms with E-state index in [9.17, 15) is 24.0 Å². The van der Waals surface area contributed by atoms with Gasteiger partial charge in [-0.15, -0.1) is 0 Å². The van der Waals surface area contributed by atoms with Gasteiger partial charge in [-0.1, -0.05) is 72.8 Å². The monoisotopic (exact) mass is 666 g/mol. The van der Waals surface area contributed by atoms with Crippen molar-refractivity contribution in [3.63, 3.8) is 0 Å². The Kier molecular flexibility index (Phi) is 12.8. The highest BCUT2D eigenvalue weighted by molar-refractivity contribution is 6.37. The number of hydrogen-bond acceptors (Lipinski definition) is 7. The van der Waals surface area contributed by atoms with Crippen LogP contribution in [0.1, 0.15) is 35.7 Å². The van der Waals surface area contributed by atoms with E-state index in [1.165, 1.54) is 18.9 Å². The summed E-state index contributed by atoms with van der Waals surface area (Å²) in [4.78, 5) is 68.1. The van der Waals surface area contributed by atoms with Crippen molar-refractivity contribution in [2.45, 2.75) is 57.3 Å². The molecule has 1 unspecified atom stereocenters. The number of carbonyl (C=O) groups excluding carboxylic acids is 5. The molecule has 0 aliphatic heterocycles. The third-order valence-electron chi connectivity index (χ3n) is 8.19. The van der Waals surface area contributed by atoms with Crippen molar-refractivity contribution in [3.05, 3.63) is 120 Å². The van der Waals surface area contributed by atoms with Crippen molar-refractivity contribution in [1.82, 2.24) is 25.3 Å². The molecule has 0 fully saturated rings. The van der Waals surface area contributed by atoms with Crippen LogP contribution in [0.25, 0.3) is 0 Å². The number of aromatic nitrogens is 2. The second-order valence-electron chi connectivity index (χ2n) is 11.7. The van der Waals surface area contributed by atoms with E-state index in [0.717, 1.165) is 5.69 Å². The maximum atomic E-state index is 14.7. The van der Waals surface area contributed by atoms with Crippen LogP contribution in [-0.2, 0) is 56.8 Å². The van der Waals surface area contributed by atoms with Crippen LogP contribution in [0, 0.1) is 0 Å². The fraction of sp³-hybridized carbons (Fsp3) is 0.297. The molecule has 3 atom stereocenters. The Morgan fingerprint density at radius 1 is 0.837 bits per heavy atom. The molecule has 0 spiro atoms. The van der Waals surface area contributed by atoms with Crippen LogP contribution in [0.5, 0.6) is 5.75 Å². The Morgan fingerprint density at radius 2 is 1.45 bits per heavy atom. The van der Waals surface area contributed by atoms with Gasteiger partial charge >= 0.3 is 0 Å². The third kappa shape index (κ3) is 10.4. The summed E-state index contributed by atoms with van der Waals surface area (Å²) in [6.45, 7) is 1.49. The Hall–Kier alpha value is -5.78. The average molecular weight is 667 g/mol. The van der Waals surface area contributed by atoms with Crippen LogP contribution < -0.4 is 21.1 Å². The number of hydrogen-bond donors (Lipinski definition) is 3. The lowest BCUT2D eigenvalue weighted by Gasteiger charge is -2.34. The summed E-state index contributed by atoms with van der Waals surface area (Å²) in [6, 6.07) is 23.4. The van der Waals surface area contributed by atoms with Gasteiger partial charge in [0.25, 0.3) is 5.91 Å².